The summed E-state index contributed by atoms with van der Waals surface area (Å²) in [5.74, 6) is -0.332. The maximum absolute atomic E-state index is 13.7. The number of carbonyl (C=O) groups excluding carboxylic acids is 2. The zero-order valence-corrected chi connectivity index (χ0v) is 17.2. The van der Waals surface area contributed by atoms with Crippen LogP contribution in [0.5, 0.6) is 0 Å². The van der Waals surface area contributed by atoms with Crippen LogP contribution in [0.3, 0.4) is 0 Å². The first-order valence-corrected chi connectivity index (χ1v) is 9.76. The largest absolute Gasteiger partial charge is 0.381 e. The molecule has 0 N–H and O–H groups in total. The molecule has 2 saturated heterocycles. The first kappa shape index (κ1) is 21.2. The predicted molar refractivity (Wildman–Crippen MR) is 108 cm³/mol. The molecule has 2 amide bonds. The fourth-order valence-electron chi connectivity index (χ4n) is 2.91. The molecule has 0 bridgehead atoms. The van der Waals surface area contributed by atoms with Crippen molar-refractivity contribution in [2.45, 2.75) is 26.8 Å². The second kappa shape index (κ2) is 9.33. The highest BCUT2D eigenvalue weighted by Crippen LogP contribution is 2.23. The van der Waals surface area contributed by atoms with Gasteiger partial charge in [-0.1, -0.05) is 23.7 Å². The highest BCUT2D eigenvalue weighted by molar-refractivity contribution is 6.30. The molecular formula is C21H23ClFN3O3. The summed E-state index contributed by atoms with van der Waals surface area (Å²) in [5.41, 5.74) is 1.92. The van der Waals surface area contributed by atoms with Crippen molar-refractivity contribution in [3.8, 4) is 0 Å². The molecule has 2 aromatic rings. The van der Waals surface area contributed by atoms with Crippen LogP contribution in [0.15, 0.2) is 30.5 Å². The van der Waals surface area contributed by atoms with E-state index in [1.54, 1.807) is 32.0 Å². The standard InChI is InChI=1S/C18H17ClFN3O2.C3H6O/c1-11-3-4-13(6-15(11)20)8-22-9-17(25)23(10-16(22)24)18-12(2)5-14(19)7-21-18;1-2-4-3-1/h3-7H,8-10H2,1-2H3;1-3H2. The van der Waals surface area contributed by atoms with Gasteiger partial charge in [0.05, 0.1) is 5.02 Å². The Morgan fingerprint density at radius 3 is 2.38 bits per heavy atom. The summed E-state index contributed by atoms with van der Waals surface area (Å²) in [7, 11) is 0. The van der Waals surface area contributed by atoms with E-state index in [-0.39, 0.29) is 37.3 Å². The smallest absolute Gasteiger partial charge is 0.248 e. The van der Waals surface area contributed by atoms with E-state index in [0.29, 0.717) is 22.0 Å². The predicted octanol–water partition coefficient (Wildman–Crippen LogP) is 3.27. The molecule has 0 spiro atoms. The molecule has 8 heteroatoms. The number of piperazine rings is 1. The maximum Gasteiger partial charge on any atom is 0.248 e. The summed E-state index contributed by atoms with van der Waals surface area (Å²) in [6.45, 7) is 5.49. The summed E-state index contributed by atoms with van der Waals surface area (Å²) < 4.78 is 18.4. The lowest BCUT2D eigenvalue weighted by atomic mass is 10.1. The Morgan fingerprint density at radius 2 is 1.79 bits per heavy atom. The summed E-state index contributed by atoms with van der Waals surface area (Å²) in [4.78, 5) is 31.9. The molecule has 1 aromatic carbocycles. The van der Waals surface area contributed by atoms with Gasteiger partial charge in [0.1, 0.15) is 24.7 Å². The third kappa shape index (κ3) is 5.31. The SMILES string of the molecule is C1COC1.Cc1ccc(CN2CC(=O)N(c3ncc(Cl)cc3C)CC2=O)cc1F. The van der Waals surface area contributed by atoms with Gasteiger partial charge < -0.3 is 9.64 Å². The monoisotopic (exact) mass is 419 g/mol. The number of benzene rings is 1. The number of hydrogen-bond donors (Lipinski definition) is 0. The Labute approximate surface area is 174 Å². The number of amides is 2. The van der Waals surface area contributed by atoms with E-state index in [9.17, 15) is 14.0 Å². The number of carbonyl (C=O) groups is 2. The van der Waals surface area contributed by atoms with Gasteiger partial charge >= 0.3 is 0 Å². The molecule has 1 aromatic heterocycles. The Bertz CT molecular complexity index is 914. The van der Waals surface area contributed by atoms with Gasteiger partial charge in [-0.2, -0.15) is 0 Å². The van der Waals surface area contributed by atoms with Crippen LogP contribution in [0.4, 0.5) is 10.2 Å². The van der Waals surface area contributed by atoms with Crippen LogP contribution in [0.25, 0.3) is 0 Å². The van der Waals surface area contributed by atoms with Gasteiger partial charge in [-0.25, -0.2) is 9.37 Å². The number of pyridine rings is 1. The highest BCUT2D eigenvalue weighted by atomic mass is 35.5. The third-order valence-electron chi connectivity index (χ3n) is 4.73. The number of aryl methyl sites for hydroxylation is 2. The van der Waals surface area contributed by atoms with Crippen LogP contribution in [0.1, 0.15) is 23.1 Å². The molecule has 2 aliphatic rings. The van der Waals surface area contributed by atoms with Crippen molar-refractivity contribution in [1.82, 2.24) is 9.88 Å². The molecule has 2 aliphatic heterocycles. The molecule has 0 unspecified atom stereocenters. The molecular weight excluding hydrogens is 397 g/mol. The molecule has 0 atom stereocenters. The number of ether oxygens (including phenoxy) is 1. The normalized spacial score (nSPS) is 16.3. The first-order valence-electron chi connectivity index (χ1n) is 9.38. The van der Waals surface area contributed by atoms with Crippen molar-refractivity contribution in [3.63, 3.8) is 0 Å². The van der Waals surface area contributed by atoms with Crippen LogP contribution >= 0.6 is 11.6 Å². The Morgan fingerprint density at radius 1 is 1.10 bits per heavy atom. The fourth-order valence-corrected chi connectivity index (χ4v) is 3.13. The minimum absolute atomic E-state index is 0.0714. The summed E-state index contributed by atoms with van der Waals surface area (Å²) in [5, 5.41) is 0.472. The van der Waals surface area contributed by atoms with E-state index in [4.69, 9.17) is 16.3 Å². The molecule has 0 radical (unpaired) electrons. The van der Waals surface area contributed by atoms with Gasteiger partial charge in [0, 0.05) is 26.0 Å². The molecule has 29 heavy (non-hydrogen) atoms. The van der Waals surface area contributed by atoms with E-state index in [1.165, 1.54) is 28.5 Å². The summed E-state index contributed by atoms with van der Waals surface area (Å²) in [6.07, 6.45) is 2.73. The number of anilines is 1. The topological polar surface area (TPSA) is 62.7 Å². The molecule has 4 rings (SSSR count). The lowest BCUT2D eigenvalue weighted by Gasteiger charge is -2.34. The number of nitrogens with zero attached hydrogens (tertiary/aromatic N) is 3. The third-order valence-corrected chi connectivity index (χ3v) is 4.94. The minimum Gasteiger partial charge on any atom is -0.381 e. The van der Waals surface area contributed by atoms with E-state index >= 15 is 0 Å². The van der Waals surface area contributed by atoms with E-state index in [1.807, 2.05) is 0 Å². The molecule has 154 valence electrons. The molecule has 0 saturated carbocycles. The Kier molecular flexibility index (Phi) is 6.82. The average Bonchev–Trinajstić information content (AvgIpc) is 2.60. The van der Waals surface area contributed by atoms with E-state index < -0.39 is 0 Å². The van der Waals surface area contributed by atoms with Crippen LogP contribution in [-0.2, 0) is 20.9 Å². The van der Waals surface area contributed by atoms with Crippen LogP contribution in [-0.4, -0.2) is 48.0 Å². The van der Waals surface area contributed by atoms with Crippen molar-refractivity contribution in [2.24, 2.45) is 0 Å². The van der Waals surface area contributed by atoms with Crippen molar-refractivity contribution in [3.05, 3.63) is 58.0 Å². The minimum atomic E-state index is -0.323. The van der Waals surface area contributed by atoms with Gasteiger partial charge in [0.25, 0.3) is 0 Å². The zero-order valence-electron chi connectivity index (χ0n) is 16.5. The second-order valence-electron chi connectivity index (χ2n) is 7.07. The van der Waals surface area contributed by atoms with Gasteiger partial charge in [0.15, 0.2) is 0 Å². The lowest BCUT2D eigenvalue weighted by molar-refractivity contribution is -0.138. The maximum atomic E-state index is 13.7. The molecule has 2 fully saturated rings. The van der Waals surface area contributed by atoms with Crippen molar-refractivity contribution < 1.29 is 18.7 Å². The molecule has 0 aliphatic carbocycles. The summed E-state index contributed by atoms with van der Waals surface area (Å²) >= 11 is 5.89. The highest BCUT2D eigenvalue weighted by Gasteiger charge is 2.32. The van der Waals surface area contributed by atoms with Crippen molar-refractivity contribution in [2.75, 3.05) is 31.2 Å². The molecule has 6 nitrogen and oxygen atoms in total. The molecule has 3 heterocycles. The number of rotatable bonds is 3. The summed E-state index contributed by atoms with van der Waals surface area (Å²) in [6, 6.07) is 6.51. The average molecular weight is 420 g/mol. The van der Waals surface area contributed by atoms with Crippen molar-refractivity contribution >= 4 is 29.2 Å². The van der Waals surface area contributed by atoms with Gasteiger partial charge in [-0.3, -0.25) is 14.5 Å². The van der Waals surface area contributed by atoms with Crippen LogP contribution < -0.4 is 4.90 Å². The van der Waals surface area contributed by atoms with Crippen molar-refractivity contribution in [1.29, 1.82) is 0 Å². The Hall–Kier alpha value is -2.51. The van der Waals surface area contributed by atoms with Crippen LogP contribution in [0.2, 0.25) is 5.02 Å². The van der Waals surface area contributed by atoms with E-state index in [0.717, 1.165) is 18.8 Å². The van der Waals surface area contributed by atoms with Gasteiger partial charge in [-0.15, -0.1) is 0 Å². The number of aromatic nitrogens is 1. The van der Waals surface area contributed by atoms with Gasteiger partial charge in [-0.05, 0) is 49.1 Å². The van der Waals surface area contributed by atoms with E-state index in [2.05, 4.69) is 4.98 Å². The first-order chi connectivity index (χ1) is 13.8. The second-order valence-corrected chi connectivity index (χ2v) is 7.51. The quantitative estimate of drug-likeness (QED) is 0.766. The Balaban J connectivity index is 0.000000536. The van der Waals surface area contributed by atoms with Crippen LogP contribution in [0, 0.1) is 19.7 Å². The fraction of sp³-hybridized carbons (Fsp3) is 0.381. The number of halogens is 2. The lowest BCUT2D eigenvalue weighted by Crippen LogP contribution is -2.54. The van der Waals surface area contributed by atoms with Gasteiger partial charge in [0.2, 0.25) is 11.8 Å². The number of hydrogen-bond acceptors (Lipinski definition) is 4. The zero-order chi connectivity index (χ0) is 21.0.